The first kappa shape index (κ1) is 82.6. The van der Waals surface area contributed by atoms with Crippen LogP contribution in [-0.2, 0) is 71.3 Å². The summed E-state index contributed by atoms with van der Waals surface area (Å²) in [7, 11) is -3.71. The Morgan fingerprint density at radius 1 is 0.547 bits per heavy atom. The van der Waals surface area contributed by atoms with Crippen molar-refractivity contribution >= 4 is 50.4 Å². The van der Waals surface area contributed by atoms with E-state index in [-0.39, 0.29) is 82.7 Å². The largest absolute Gasteiger partial charge is 0.458 e. The number of aliphatic hydroxyl groups is 4. The predicted molar refractivity (Wildman–Crippen MR) is 283 cm³/mol. The van der Waals surface area contributed by atoms with E-state index in [1.54, 1.807) is 32.9 Å². The fraction of sp³-hybridized carbons (Fsp3) is 0.814. The average Bonchev–Trinajstić information content (AvgIpc) is 3.33. The second-order valence-corrected chi connectivity index (χ2v) is 17.7. The van der Waals surface area contributed by atoms with E-state index in [0.29, 0.717) is 105 Å². The number of azide groups is 3. The second-order valence-electron chi connectivity index (χ2n) is 15.3. The highest BCUT2D eigenvalue weighted by Gasteiger charge is 2.17. The lowest BCUT2D eigenvalue weighted by Crippen LogP contribution is -2.27. The van der Waals surface area contributed by atoms with Crippen LogP contribution in [0.4, 0.5) is 0 Å². The minimum absolute atomic E-state index is 0. The molecule has 75 heavy (non-hydrogen) atoms. The van der Waals surface area contributed by atoms with Crippen LogP contribution in [0.5, 0.6) is 0 Å². The number of ether oxygens (including phenoxy) is 10. The predicted octanol–water partition coefficient (Wildman–Crippen LogP) is 4.12. The molecule has 1 aromatic carbocycles. The van der Waals surface area contributed by atoms with Crippen molar-refractivity contribution in [2.75, 3.05) is 170 Å². The summed E-state index contributed by atoms with van der Waals surface area (Å²) < 4.78 is 77.6. The summed E-state index contributed by atoms with van der Waals surface area (Å²) in [6.07, 6.45) is 0. The number of hydrogen-bond donors (Lipinski definition) is 5. The molecule has 0 bridgehead atoms. The molecule has 440 valence electrons. The van der Waals surface area contributed by atoms with E-state index in [0.717, 1.165) is 10.9 Å². The van der Waals surface area contributed by atoms with Crippen LogP contribution >= 0.6 is 28.3 Å². The van der Waals surface area contributed by atoms with E-state index in [1.165, 1.54) is 12.1 Å². The van der Waals surface area contributed by atoms with Gasteiger partial charge in [0.1, 0.15) is 24.4 Å². The molecule has 32 heteroatoms. The molecule has 0 aromatic heterocycles. The van der Waals surface area contributed by atoms with E-state index in [4.69, 9.17) is 89.6 Å². The Balaban J connectivity index is -0.000000195. The van der Waals surface area contributed by atoms with Crippen molar-refractivity contribution in [1.82, 2.24) is 0 Å². The lowest BCUT2D eigenvalue weighted by Gasteiger charge is -2.19. The minimum Gasteiger partial charge on any atom is -0.458 e. The van der Waals surface area contributed by atoms with E-state index in [9.17, 15) is 18.0 Å². The molecule has 0 spiro atoms. The summed E-state index contributed by atoms with van der Waals surface area (Å²) >= 11 is 3.19. The first-order chi connectivity index (χ1) is 35.2. The maximum atomic E-state index is 11.6. The van der Waals surface area contributed by atoms with Gasteiger partial charge < -0.3 is 73.5 Å². The zero-order valence-corrected chi connectivity index (χ0v) is 47.6. The van der Waals surface area contributed by atoms with Gasteiger partial charge in [0.15, 0.2) is 0 Å². The number of aryl methyl sites for hydroxylation is 1. The number of esters is 2. The fourth-order valence-corrected chi connectivity index (χ4v) is 4.84. The number of hydrogen-bond acceptors (Lipinski definition) is 23. The van der Waals surface area contributed by atoms with Crippen molar-refractivity contribution in [2.45, 2.75) is 64.6 Å². The van der Waals surface area contributed by atoms with E-state index >= 15 is 0 Å². The first-order valence-corrected chi connectivity index (χ1v) is 25.5. The van der Waals surface area contributed by atoms with Gasteiger partial charge in [-0.2, -0.15) is 8.42 Å². The van der Waals surface area contributed by atoms with Crippen LogP contribution < -0.4 is 5.73 Å². The van der Waals surface area contributed by atoms with Gasteiger partial charge in [-0.1, -0.05) is 49.0 Å². The summed E-state index contributed by atoms with van der Waals surface area (Å²) in [5.74, 6) is -0.757. The zero-order chi connectivity index (χ0) is 57.0. The van der Waals surface area contributed by atoms with Crippen LogP contribution in [0.2, 0.25) is 0 Å². The topological polar surface area (TPSA) is 423 Å². The van der Waals surface area contributed by atoms with Gasteiger partial charge >= 0.3 is 11.9 Å². The van der Waals surface area contributed by atoms with Gasteiger partial charge in [0.05, 0.1) is 130 Å². The van der Waals surface area contributed by atoms with Gasteiger partial charge in [-0.15, -0.1) is 12.4 Å². The van der Waals surface area contributed by atoms with E-state index < -0.39 is 27.3 Å². The number of alkyl halides is 1. The van der Waals surface area contributed by atoms with Crippen LogP contribution in [-0.4, -0.2) is 222 Å². The fourth-order valence-electron chi connectivity index (χ4n) is 3.72. The van der Waals surface area contributed by atoms with E-state index in [1.807, 2.05) is 27.7 Å². The van der Waals surface area contributed by atoms with Crippen LogP contribution in [0.1, 0.15) is 47.1 Å². The highest BCUT2D eigenvalue weighted by molar-refractivity contribution is 9.09. The number of aliphatic hydroxyl groups excluding tert-OH is 4. The molecular formula is C43H84BrClN10O19S. The Morgan fingerprint density at radius 2 is 0.867 bits per heavy atom. The third kappa shape index (κ3) is 79.3. The van der Waals surface area contributed by atoms with Crippen molar-refractivity contribution in [3.05, 3.63) is 61.2 Å². The molecule has 0 radical (unpaired) electrons. The number of rotatable bonds is 36. The van der Waals surface area contributed by atoms with Crippen molar-refractivity contribution in [1.29, 1.82) is 0 Å². The molecular weight excluding hydrogens is 1110 g/mol. The number of carbonyl (C=O) groups is 2. The van der Waals surface area contributed by atoms with Crippen LogP contribution in [0.15, 0.2) is 44.5 Å². The quantitative estimate of drug-likeness (QED) is 0.0120. The monoisotopic (exact) mass is 1190 g/mol. The molecule has 0 aliphatic heterocycles. The molecule has 0 saturated heterocycles. The second kappa shape index (κ2) is 62.8. The van der Waals surface area contributed by atoms with Gasteiger partial charge in [0, 0.05) is 46.2 Å². The Morgan fingerprint density at radius 3 is 1.21 bits per heavy atom. The van der Waals surface area contributed by atoms with Crippen LogP contribution in [0.3, 0.4) is 0 Å². The normalized spacial score (nSPS) is 10.3. The summed E-state index contributed by atoms with van der Waals surface area (Å²) in [5, 5.41) is 43.4. The molecule has 0 atom stereocenters. The standard InChI is InChI=1S/C11H16O5S.C10H19N3O4.C10H21NO4.C4H8BrN3O.C4H9N3O2.C4H10O3.ClH/c1-10-2-4-11(5-3-10)17(13,14)16-9-8-15-7-6-12;1-10(2,3)17-9(14)8-16-7-6-15-5-4-12-13-11;1-10(2,3)15-9(12)8-14-7-6-13-5-4-11;5-1-3-9-4-2-7-8-6;5-7-6-1-3-9-4-2-8;5-1-3-7-4-2-6;/h2-5,12H,6-9H2,1H3;4-8H2,1-3H3;4-8,11H2,1-3H3;1-4H2;8H,1-4H2;5-6H,1-4H2;1H. The number of halogens is 2. The molecule has 0 fully saturated rings. The van der Waals surface area contributed by atoms with Gasteiger partial charge in [-0.3, -0.25) is 4.18 Å². The highest BCUT2D eigenvalue weighted by atomic mass is 79.9. The van der Waals surface area contributed by atoms with Crippen LogP contribution in [0, 0.1) is 6.92 Å². The van der Waals surface area contributed by atoms with Gasteiger partial charge in [0.2, 0.25) is 0 Å². The number of nitrogens with zero attached hydrogens (tertiary/aromatic N) is 9. The molecule has 0 heterocycles. The van der Waals surface area contributed by atoms with Crippen molar-refractivity contribution in [2.24, 2.45) is 21.1 Å². The maximum absolute atomic E-state index is 11.6. The molecule has 0 saturated carbocycles. The lowest BCUT2D eigenvalue weighted by molar-refractivity contribution is -0.161. The van der Waals surface area contributed by atoms with Crippen molar-refractivity contribution < 1.29 is 90.0 Å². The summed E-state index contributed by atoms with van der Waals surface area (Å²) in [5.41, 5.74) is 28.8. The van der Waals surface area contributed by atoms with Crippen LogP contribution in [0.25, 0.3) is 31.3 Å². The Bertz CT molecular complexity index is 1660. The first-order valence-electron chi connectivity index (χ1n) is 23.0. The Hall–Kier alpha value is -3.75. The highest BCUT2D eigenvalue weighted by Crippen LogP contribution is 2.13. The van der Waals surface area contributed by atoms with E-state index in [2.05, 4.69) is 50.7 Å². The molecule has 0 unspecified atom stereocenters. The molecule has 6 N–H and O–H groups in total. The Kier molecular flexibility index (Phi) is 69.1. The van der Waals surface area contributed by atoms with Crippen molar-refractivity contribution in [3.63, 3.8) is 0 Å². The number of carbonyl (C=O) groups excluding carboxylic acids is 2. The summed E-state index contributed by atoms with van der Waals surface area (Å²) in [4.78, 5) is 30.1. The number of nitrogens with two attached hydrogens (primary N) is 1. The molecule has 1 rings (SSSR count). The lowest BCUT2D eigenvalue weighted by atomic mass is 10.2. The van der Waals surface area contributed by atoms with Gasteiger partial charge in [-0.25, -0.2) is 9.59 Å². The molecule has 0 amide bonds. The molecule has 0 aliphatic rings. The average molecular weight is 1190 g/mol. The zero-order valence-electron chi connectivity index (χ0n) is 44.4. The SMILES string of the molecule is CC(C)(C)OC(=O)COCCOCCN.CC(C)(C)OC(=O)COCCOCCN=[N+]=[N-].Cc1ccc(S(=O)(=O)OCCOCCO)cc1.Cl.OCCOCCO.[N-]=[N+]=NCCOCCBr.[N-]=[N+]=NCCOCCO. The number of benzene rings is 1. The summed E-state index contributed by atoms with van der Waals surface area (Å²) in [6.45, 7) is 19.2. The van der Waals surface area contributed by atoms with Crippen molar-refractivity contribution in [3.8, 4) is 0 Å². The summed E-state index contributed by atoms with van der Waals surface area (Å²) in [6, 6.07) is 6.41. The molecule has 29 nitrogen and oxygen atoms in total. The minimum atomic E-state index is -3.71. The third-order valence-corrected chi connectivity index (χ3v) is 8.07. The maximum Gasteiger partial charge on any atom is 0.332 e. The van der Waals surface area contributed by atoms with Gasteiger partial charge in [0.25, 0.3) is 10.1 Å². The smallest absolute Gasteiger partial charge is 0.332 e. The molecule has 1 aromatic rings. The Labute approximate surface area is 455 Å². The van der Waals surface area contributed by atoms with Gasteiger partial charge in [-0.05, 0) is 77.2 Å². The third-order valence-electron chi connectivity index (χ3n) is 6.42. The molecule has 0 aliphatic carbocycles.